The number of aryl methyl sites for hydroxylation is 1. The second kappa shape index (κ2) is 5.10. The monoisotopic (exact) mass is 299 g/mol. The van der Waals surface area contributed by atoms with E-state index in [9.17, 15) is 17.1 Å². The zero-order chi connectivity index (χ0) is 14.0. The molecule has 100 valence electrons. The lowest BCUT2D eigenvalue weighted by atomic mass is 10.2. The minimum atomic E-state index is -4.87. The van der Waals surface area contributed by atoms with Crippen molar-refractivity contribution >= 4 is 33.2 Å². The van der Waals surface area contributed by atoms with Crippen molar-refractivity contribution in [1.29, 1.82) is 0 Å². The number of nitrogens with one attached hydrogen (secondary N) is 1. The second-order valence-corrected chi connectivity index (χ2v) is 5.92. The maximum absolute atomic E-state index is 13.1. The molecule has 1 heterocycles. The summed E-state index contributed by atoms with van der Waals surface area (Å²) in [6.45, 7) is 1.77. The number of rotatable bonds is 3. The number of thiophene rings is 1. The van der Waals surface area contributed by atoms with Gasteiger partial charge in [-0.1, -0.05) is 12.1 Å². The van der Waals surface area contributed by atoms with E-state index in [0.29, 0.717) is 5.56 Å². The quantitative estimate of drug-likeness (QED) is 0.886. The summed E-state index contributed by atoms with van der Waals surface area (Å²) in [6, 6.07) is 5.35. The minimum absolute atomic E-state index is 0.0689. The molecular weight excluding hydrogens is 289 g/mol. The molecule has 0 saturated heterocycles. The highest BCUT2D eigenvalue weighted by Gasteiger charge is 2.19. The fourth-order valence-corrected chi connectivity index (χ4v) is 3.02. The molecule has 19 heavy (non-hydrogen) atoms. The molecule has 0 fully saturated rings. The molecule has 0 spiro atoms. The molecule has 0 bridgehead atoms. The first kappa shape index (κ1) is 13.7. The van der Waals surface area contributed by atoms with Crippen molar-refractivity contribution in [3.8, 4) is 0 Å². The number of carbonyl (C=O) groups is 1. The Balaban J connectivity index is 2.35. The van der Waals surface area contributed by atoms with Crippen molar-refractivity contribution in [2.75, 3.05) is 5.32 Å². The minimum Gasteiger partial charge on any atom is -0.321 e. The summed E-state index contributed by atoms with van der Waals surface area (Å²) in [5.74, 6) is -0.463. The maximum Gasteiger partial charge on any atom is 0.334 e. The molecule has 4 nitrogen and oxygen atoms in total. The van der Waals surface area contributed by atoms with Crippen molar-refractivity contribution in [2.45, 2.75) is 11.8 Å². The van der Waals surface area contributed by atoms with E-state index in [4.69, 9.17) is 0 Å². The molecule has 2 rings (SSSR count). The van der Waals surface area contributed by atoms with Gasteiger partial charge in [-0.15, -0.1) is 3.89 Å². The average molecular weight is 299 g/mol. The van der Waals surface area contributed by atoms with E-state index in [1.54, 1.807) is 17.7 Å². The van der Waals surface area contributed by atoms with Gasteiger partial charge >= 0.3 is 10.2 Å². The number of para-hydroxylation sites is 1. The molecule has 0 aliphatic heterocycles. The van der Waals surface area contributed by atoms with Gasteiger partial charge < -0.3 is 5.32 Å². The molecule has 0 atom stereocenters. The smallest absolute Gasteiger partial charge is 0.321 e. The summed E-state index contributed by atoms with van der Waals surface area (Å²) in [6.07, 6.45) is 0. The third-order valence-corrected chi connectivity index (χ3v) is 4.24. The molecule has 0 radical (unpaired) electrons. The SMILES string of the molecule is Cc1cscc1C(=O)Nc1ccccc1S(=O)(=O)F. The van der Waals surface area contributed by atoms with E-state index in [1.807, 2.05) is 0 Å². The average Bonchev–Trinajstić information content (AvgIpc) is 2.75. The van der Waals surface area contributed by atoms with Crippen LogP contribution in [0.25, 0.3) is 0 Å². The Kier molecular flexibility index (Phi) is 3.68. The molecule has 1 amide bonds. The van der Waals surface area contributed by atoms with Gasteiger partial charge in [0.1, 0.15) is 4.90 Å². The van der Waals surface area contributed by atoms with Crippen LogP contribution in [-0.4, -0.2) is 14.3 Å². The highest BCUT2D eigenvalue weighted by molar-refractivity contribution is 7.86. The number of carbonyl (C=O) groups excluding carboxylic acids is 1. The Labute approximate surface area is 114 Å². The first-order chi connectivity index (χ1) is 8.89. The number of hydrogen-bond acceptors (Lipinski definition) is 4. The normalized spacial score (nSPS) is 11.3. The van der Waals surface area contributed by atoms with Gasteiger partial charge in [0.15, 0.2) is 0 Å². The summed E-state index contributed by atoms with van der Waals surface area (Å²) < 4.78 is 35.0. The summed E-state index contributed by atoms with van der Waals surface area (Å²) in [5, 5.41) is 5.86. The summed E-state index contributed by atoms with van der Waals surface area (Å²) in [7, 11) is -4.87. The summed E-state index contributed by atoms with van der Waals surface area (Å²) in [4.78, 5) is 11.4. The Hall–Kier alpha value is -1.73. The first-order valence-corrected chi connectivity index (χ1v) is 7.60. The van der Waals surface area contributed by atoms with E-state index >= 15 is 0 Å². The maximum atomic E-state index is 13.1. The van der Waals surface area contributed by atoms with Crippen molar-refractivity contribution < 1.29 is 17.1 Å². The van der Waals surface area contributed by atoms with Crippen LogP contribution in [0, 0.1) is 6.92 Å². The predicted molar refractivity (Wildman–Crippen MR) is 71.7 cm³/mol. The third-order valence-electron chi connectivity index (χ3n) is 2.50. The van der Waals surface area contributed by atoms with Crippen LogP contribution in [0.5, 0.6) is 0 Å². The molecule has 0 unspecified atom stereocenters. The van der Waals surface area contributed by atoms with Crippen LogP contribution in [0.4, 0.5) is 9.57 Å². The number of anilines is 1. The van der Waals surface area contributed by atoms with Crippen LogP contribution in [0.3, 0.4) is 0 Å². The molecule has 2 aromatic rings. The Bertz CT molecular complexity index is 722. The summed E-state index contributed by atoms with van der Waals surface area (Å²) in [5.41, 5.74) is 1.15. The van der Waals surface area contributed by atoms with E-state index in [-0.39, 0.29) is 5.69 Å². The zero-order valence-electron chi connectivity index (χ0n) is 9.88. The second-order valence-electron chi connectivity index (χ2n) is 3.86. The Morgan fingerprint density at radius 1 is 1.26 bits per heavy atom. The largest absolute Gasteiger partial charge is 0.334 e. The van der Waals surface area contributed by atoms with Gasteiger partial charge in [0.2, 0.25) is 0 Å². The molecule has 1 N–H and O–H groups in total. The van der Waals surface area contributed by atoms with Crippen molar-refractivity contribution in [3.63, 3.8) is 0 Å². The lowest BCUT2D eigenvalue weighted by Gasteiger charge is -2.07. The lowest BCUT2D eigenvalue weighted by Crippen LogP contribution is -2.14. The van der Waals surface area contributed by atoms with Gasteiger partial charge in [-0.05, 0) is 30.0 Å². The van der Waals surface area contributed by atoms with Crippen LogP contribution >= 0.6 is 11.3 Å². The zero-order valence-corrected chi connectivity index (χ0v) is 11.5. The van der Waals surface area contributed by atoms with Gasteiger partial charge in [0.05, 0.1) is 11.3 Å². The van der Waals surface area contributed by atoms with Gasteiger partial charge in [-0.2, -0.15) is 19.8 Å². The molecule has 1 aromatic carbocycles. The van der Waals surface area contributed by atoms with Crippen LogP contribution in [-0.2, 0) is 10.2 Å². The van der Waals surface area contributed by atoms with Crippen LogP contribution < -0.4 is 5.32 Å². The van der Waals surface area contributed by atoms with Crippen molar-refractivity contribution in [2.24, 2.45) is 0 Å². The van der Waals surface area contributed by atoms with Crippen molar-refractivity contribution in [3.05, 3.63) is 46.2 Å². The fraction of sp³-hybridized carbons (Fsp3) is 0.0833. The third kappa shape index (κ3) is 2.99. The topological polar surface area (TPSA) is 63.2 Å². The predicted octanol–water partition coefficient (Wildman–Crippen LogP) is 2.97. The van der Waals surface area contributed by atoms with E-state index < -0.39 is 21.0 Å². The van der Waals surface area contributed by atoms with Gasteiger partial charge in [-0.25, -0.2) is 0 Å². The number of amides is 1. The first-order valence-electron chi connectivity index (χ1n) is 5.27. The van der Waals surface area contributed by atoms with E-state index in [2.05, 4.69) is 5.32 Å². The molecule has 1 aromatic heterocycles. The fourth-order valence-electron chi connectivity index (χ4n) is 1.57. The van der Waals surface area contributed by atoms with Gasteiger partial charge in [0.25, 0.3) is 5.91 Å². The van der Waals surface area contributed by atoms with Crippen LogP contribution in [0.2, 0.25) is 0 Å². The van der Waals surface area contributed by atoms with Crippen LogP contribution in [0.1, 0.15) is 15.9 Å². The van der Waals surface area contributed by atoms with Crippen molar-refractivity contribution in [1.82, 2.24) is 0 Å². The van der Waals surface area contributed by atoms with E-state index in [1.165, 1.54) is 29.5 Å². The lowest BCUT2D eigenvalue weighted by molar-refractivity contribution is 0.102. The highest BCUT2D eigenvalue weighted by Crippen LogP contribution is 2.24. The number of hydrogen-bond donors (Lipinski definition) is 1. The molecule has 0 aliphatic rings. The Morgan fingerprint density at radius 2 is 1.95 bits per heavy atom. The molecule has 7 heteroatoms. The Morgan fingerprint density at radius 3 is 2.53 bits per heavy atom. The molecular formula is C12H10FNO3S2. The molecule has 0 saturated carbocycles. The summed E-state index contributed by atoms with van der Waals surface area (Å²) >= 11 is 1.36. The standard InChI is InChI=1S/C12H10FNO3S2/c1-8-6-18-7-9(8)12(15)14-10-4-2-3-5-11(10)19(13,16)17/h2-7H,1H3,(H,14,15). The highest BCUT2D eigenvalue weighted by atomic mass is 32.3. The van der Waals surface area contributed by atoms with Gasteiger partial charge in [-0.3, -0.25) is 4.79 Å². The molecule has 0 aliphatic carbocycles. The van der Waals surface area contributed by atoms with Gasteiger partial charge in [0, 0.05) is 5.38 Å². The number of benzene rings is 1. The van der Waals surface area contributed by atoms with Crippen LogP contribution in [0.15, 0.2) is 39.9 Å². The van der Waals surface area contributed by atoms with E-state index in [0.717, 1.165) is 11.6 Å². The number of halogens is 1.